The summed E-state index contributed by atoms with van der Waals surface area (Å²) in [5.74, 6) is -0.210. The zero-order valence-electron chi connectivity index (χ0n) is 15.7. The summed E-state index contributed by atoms with van der Waals surface area (Å²) in [4.78, 5) is 0. The van der Waals surface area contributed by atoms with Crippen LogP contribution in [0.15, 0.2) is 103 Å². The number of fused-ring (bicyclic) bond motifs is 4. The first kappa shape index (κ1) is 16.3. The number of hydrogen-bond donors (Lipinski definition) is 0. The Morgan fingerprint density at radius 3 is 1.52 bits per heavy atom. The highest BCUT2D eigenvalue weighted by molar-refractivity contribution is 6.17. The Kier molecular flexibility index (Phi) is 3.45. The molecule has 0 unspecified atom stereocenters. The fraction of sp³-hybridized carbons (Fsp3) is 0. The number of allylic oxidation sites excluding steroid dienone is 2. The Morgan fingerprint density at radius 2 is 0.931 bits per heavy atom. The first-order chi connectivity index (χ1) is 14.3. The minimum absolute atomic E-state index is 0.210. The summed E-state index contributed by atoms with van der Waals surface area (Å²) in [5, 5.41) is 0. The molecule has 0 amide bonds. The van der Waals surface area contributed by atoms with Crippen LogP contribution in [0.2, 0.25) is 0 Å². The van der Waals surface area contributed by atoms with Gasteiger partial charge in [-0.3, -0.25) is 0 Å². The normalized spacial score (nSPS) is 13.8. The van der Waals surface area contributed by atoms with E-state index in [1.165, 1.54) is 56.7 Å². The molecule has 0 saturated heterocycles. The highest BCUT2D eigenvalue weighted by Gasteiger charge is 2.29. The summed E-state index contributed by atoms with van der Waals surface area (Å²) in [6.07, 6.45) is 2.27. The minimum Gasteiger partial charge on any atom is -0.207 e. The van der Waals surface area contributed by atoms with Crippen molar-refractivity contribution >= 4 is 16.7 Å². The fourth-order valence-electron chi connectivity index (χ4n) is 4.64. The lowest BCUT2D eigenvalue weighted by Crippen LogP contribution is -1.89. The number of halogens is 1. The van der Waals surface area contributed by atoms with E-state index in [4.69, 9.17) is 0 Å². The first-order valence-electron chi connectivity index (χ1n) is 9.82. The molecule has 0 radical (unpaired) electrons. The standard InChI is InChI=1S/C28H17F/c29-19-15-13-18(14-16-19)26-17-27(23-10-2-1-9-22(23)26)28-24-11-5-3-7-20(24)21-8-4-6-12-25(21)28/h1-17H. The van der Waals surface area contributed by atoms with Gasteiger partial charge < -0.3 is 0 Å². The zero-order valence-corrected chi connectivity index (χ0v) is 15.7. The summed E-state index contributed by atoms with van der Waals surface area (Å²) in [6, 6.07) is 32.5. The quantitative estimate of drug-likeness (QED) is 0.292. The maximum absolute atomic E-state index is 13.5. The molecule has 0 saturated carbocycles. The molecule has 0 N–H and O–H groups in total. The van der Waals surface area contributed by atoms with Gasteiger partial charge in [-0.15, -0.1) is 0 Å². The van der Waals surface area contributed by atoms with Crippen molar-refractivity contribution in [2.45, 2.75) is 0 Å². The lowest BCUT2D eigenvalue weighted by molar-refractivity contribution is 0.627. The molecule has 0 nitrogen and oxygen atoms in total. The van der Waals surface area contributed by atoms with E-state index in [0.29, 0.717) is 0 Å². The molecule has 2 aliphatic carbocycles. The molecule has 0 aromatic heterocycles. The van der Waals surface area contributed by atoms with Crippen molar-refractivity contribution < 1.29 is 4.39 Å². The number of hydrogen-bond acceptors (Lipinski definition) is 0. The van der Waals surface area contributed by atoms with E-state index in [9.17, 15) is 4.39 Å². The average molecular weight is 372 g/mol. The van der Waals surface area contributed by atoms with E-state index in [0.717, 1.165) is 11.1 Å². The number of rotatable bonds is 1. The first-order valence-corrected chi connectivity index (χ1v) is 9.82. The van der Waals surface area contributed by atoms with Crippen LogP contribution in [0.25, 0.3) is 27.8 Å². The van der Waals surface area contributed by atoms with Gasteiger partial charge in [-0.25, -0.2) is 4.39 Å². The molecule has 0 fully saturated rings. The van der Waals surface area contributed by atoms with E-state index in [2.05, 4.69) is 78.9 Å². The van der Waals surface area contributed by atoms with Crippen LogP contribution in [0.4, 0.5) is 4.39 Å². The third-order valence-corrected chi connectivity index (χ3v) is 5.90. The Bertz CT molecular complexity index is 1290. The van der Waals surface area contributed by atoms with Crippen molar-refractivity contribution in [3.05, 3.63) is 137 Å². The van der Waals surface area contributed by atoms with Crippen molar-refractivity contribution in [2.75, 3.05) is 0 Å². The molecule has 0 bridgehead atoms. The predicted molar refractivity (Wildman–Crippen MR) is 118 cm³/mol. The number of benzene rings is 4. The smallest absolute Gasteiger partial charge is 0.123 e. The van der Waals surface area contributed by atoms with Gasteiger partial charge in [-0.1, -0.05) is 84.9 Å². The second kappa shape index (κ2) is 6.15. The molecule has 136 valence electrons. The van der Waals surface area contributed by atoms with E-state index in [1.807, 2.05) is 12.1 Å². The van der Waals surface area contributed by atoms with Crippen LogP contribution in [0.5, 0.6) is 0 Å². The van der Waals surface area contributed by atoms with E-state index in [-0.39, 0.29) is 5.82 Å². The summed E-state index contributed by atoms with van der Waals surface area (Å²) in [7, 11) is 0. The topological polar surface area (TPSA) is 0 Å². The van der Waals surface area contributed by atoms with Gasteiger partial charge in [-0.05, 0) is 73.9 Å². The summed E-state index contributed by atoms with van der Waals surface area (Å²) >= 11 is 0. The van der Waals surface area contributed by atoms with Crippen molar-refractivity contribution in [1.29, 1.82) is 0 Å². The monoisotopic (exact) mass is 372 g/mol. The van der Waals surface area contributed by atoms with Crippen molar-refractivity contribution in [2.24, 2.45) is 0 Å². The van der Waals surface area contributed by atoms with Gasteiger partial charge in [0.15, 0.2) is 0 Å². The van der Waals surface area contributed by atoms with Crippen LogP contribution in [0.3, 0.4) is 0 Å². The summed E-state index contributed by atoms with van der Waals surface area (Å²) < 4.78 is 13.5. The van der Waals surface area contributed by atoms with Gasteiger partial charge in [0.05, 0.1) is 0 Å². The second-order valence-corrected chi connectivity index (χ2v) is 7.49. The maximum Gasteiger partial charge on any atom is 0.123 e. The Hall–Kier alpha value is -3.71. The molecule has 6 rings (SSSR count). The van der Waals surface area contributed by atoms with Crippen LogP contribution >= 0.6 is 0 Å². The molecule has 0 aliphatic heterocycles. The van der Waals surface area contributed by atoms with Crippen molar-refractivity contribution in [3.63, 3.8) is 0 Å². The Labute approximate surface area is 169 Å². The van der Waals surface area contributed by atoms with Crippen molar-refractivity contribution in [3.8, 4) is 11.1 Å². The van der Waals surface area contributed by atoms with Gasteiger partial charge in [-0.2, -0.15) is 0 Å². The maximum atomic E-state index is 13.5. The van der Waals surface area contributed by atoms with Crippen LogP contribution in [0.1, 0.15) is 27.8 Å². The van der Waals surface area contributed by atoms with Crippen molar-refractivity contribution in [1.82, 2.24) is 0 Å². The summed E-state index contributed by atoms with van der Waals surface area (Å²) in [5.41, 5.74) is 12.2. The van der Waals surface area contributed by atoms with Gasteiger partial charge >= 0.3 is 0 Å². The van der Waals surface area contributed by atoms with Crippen LogP contribution in [-0.2, 0) is 0 Å². The molecule has 0 atom stereocenters. The Morgan fingerprint density at radius 1 is 0.448 bits per heavy atom. The fourth-order valence-corrected chi connectivity index (χ4v) is 4.64. The molecule has 1 heteroatoms. The lowest BCUT2D eigenvalue weighted by Gasteiger charge is -2.09. The third-order valence-electron chi connectivity index (χ3n) is 5.90. The third kappa shape index (κ3) is 2.37. The minimum atomic E-state index is -0.210. The molecule has 0 spiro atoms. The van der Waals surface area contributed by atoms with Gasteiger partial charge in [0.1, 0.15) is 5.82 Å². The molecule has 0 heterocycles. The highest BCUT2D eigenvalue weighted by Crippen LogP contribution is 2.51. The van der Waals surface area contributed by atoms with Crippen LogP contribution < -0.4 is 0 Å². The SMILES string of the molecule is Fc1ccc(C2=CC(=C3c4ccccc4-c4ccccc43)c3ccccc32)cc1. The van der Waals surface area contributed by atoms with E-state index < -0.39 is 0 Å². The largest absolute Gasteiger partial charge is 0.207 e. The molecule has 4 aromatic rings. The average Bonchev–Trinajstić information content (AvgIpc) is 3.30. The van der Waals surface area contributed by atoms with Gasteiger partial charge in [0.25, 0.3) is 0 Å². The van der Waals surface area contributed by atoms with Gasteiger partial charge in [0, 0.05) is 0 Å². The molecule has 29 heavy (non-hydrogen) atoms. The zero-order chi connectivity index (χ0) is 19.4. The highest BCUT2D eigenvalue weighted by atomic mass is 19.1. The molecule has 2 aliphatic rings. The molecule has 4 aromatic carbocycles. The van der Waals surface area contributed by atoms with E-state index in [1.54, 1.807) is 0 Å². The summed E-state index contributed by atoms with van der Waals surface area (Å²) in [6.45, 7) is 0. The second-order valence-electron chi connectivity index (χ2n) is 7.49. The van der Waals surface area contributed by atoms with E-state index >= 15 is 0 Å². The molecular weight excluding hydrogens is 355 g/mol. The lowest BCUT2D eigenvalue weighted by atomic mass is 9.94. The van der Waals surface area contributed by atoms with Crippen LogP contribution in [-0.4, -0.2) is 0 Å². The molecular formula is C28H17F. The van der Waals surface area contributed by atoms with Gasteiger partial charge in [0.2, 0.25) is 0 Å². The Balaban J connectivity index is 1.68. The predicted octanol–water partition coefficient (Wildman–Crippen LogP) is 7.21. The van der Waals surface area contributed by atoms with Crippen LogP contribution in [0, 0.1) is 5.82 Å².